The first-order valence-corrected chi connectivity index (χ1v) is 8.78. The molecule has 0 aliphatic heterocycles. The van der Waals surface area contributed by atoms with Gasteiger partial charge in [-0.1, -0.05) is 97.8 Å². The van der Waals surface area contributed by atoms with Crippen molar-refractivity contribution in [1.29, 1.82) is 0 Å². The van der Waals surface area contributed by atoms with E-state index in [0.29, 0.717) is 17.8 Å². The summed E-state index contributed by atoms with van der Waals surface area (Å²) in [6.07, 6.45) is 6.25. The predicted octanol–water partition coefficient (Wildman–Crippen LogP) is 1.97. The molecule has 0 fully saturated rings. The van der Waals surface area contributed by atoms with Crippen LogP contribution in [0.1, 0.15) is 80.1 Å². The molecule has 0 bridgehead atoms. The molecule has 0 aromatic rings. The minimum atomic E-state index is 0. The maximum absolute atomic E-state index is 10.1. The monoisotopic (exact) mass is 330 g/mol. The Balaban J connectivity index is -0.000000108. The van der Waals surface area contributed by atoms with Gasteiger partial charge in [0.15, 0.2) is 0 Å². The van der Waals surface area contributed by atoms with E-state index in [2.05, 4.69) is 41.5 Å². The van der Waals surface area contributed by atoms with E-state index in [-0.39, 0.29) is 37.2 Å². The van der Waals surface area contributed by atoms with E-state index in [1.54, 1.807) is 0 Å². The van der Waals surface area contributed by atoms with E-state index in [9.17, 15) is 15.3 Å². The first-order valence-electron chi connectivity index (χ1n) is 8.78. The van der Waals surface area contributed by atoms with E-state index >= 15 is 0 Å². The molecule has 0 atom stereocenters. The van der Waals surface area contributed by atoms with Crippen molar-refractivity contribution in [2.45, 2.75) is 80.1 Å². The third-order valence-electron chi connectivity index (χ3n) is 4.17. The fraction of sp³-hybridized carbons (Fsp3) is 1.00. The summed E-state index contributed by atoms with van der Waals surface area (Å²) >= 11 is 0. The molecule has 0 heterocycles. The van der Waals surface area contributed by atoms with E-state index in [4.69, 9.17) is 0 Å². The summed E-state index contributed by atoms with van der Waals surface area (Å²) in [7, 11) is 0. The van der Waals surface area contributed by atoms with Crippen LogP contribution in [0.4, 0.5) is 0 Å². The van der Waals surface area contributed by atoms with Gasteiger partial charge in [0.25, 0.3) is 0 Å². The second-order valence-corrected chi connectivity index (χ2v) is 5.55. The Morgan fingerprint density at radius 1 is 0.455 bits per heavy atom. The zero-order chi connectivity index (χ0) is 17.1. The third-order valence-corrected chi connectivity index (χ3v) is 4.17. The summed E-state index contributed by atoms with van der Waals surface area (Å²) < 4.78 is 0. The molecule has 0 aromatic carbocycles. The summed E-state index contributed by atoms with van der Waals surface area (Å²) in [6.45, 7) is 12.7. The number of hydrogen-bond donors (Lipinski definition) is 0. The van der Waals surface area contributed by atoms with Gasteiger partial charge < -0.3 is 15.3 Å². The molecule has 0 N–H and O–H groups in total. The Morgan fingerprint density at radius 2 is 0.591 bits per heavy atom. The Bertz CT molecular complexity index is 111. The molecular formula is C18H39AlO3. The van der Waals surface area contributed by atoms with Crippen molar-refractivity contribution in [2.75, 3.05) is 19.8 Å². The maximum Gasteiger partial charge on any atom is 3.00 e. The molecular weight excluding hydrogens is 291 g/mol. The van der Waals surface area contributed by atoms with E-state index in [0.717, 1.165) is 38.5 Å². The first-order chi connectivity index (χ1) is 10.0. The molecule has 0 aliphatic rings. The second-order valence-electron chi connectivity index (χ2n) is 5.55. The zero-order valence-corrected chi connectivity index (χ0v) is 17.1. The van der Waals surface area contributed by atoms with Crippen LogP contribution in [0.5, 0.6) is 0 Å². The van der Waals surface area contributed by atoms with Gasteiger partial charge in [0.2, 0.25) is 0 Å². The molecule has 4 heteroatoms. The molecule has 3 nitrogen and oxygen atoms in total. The van der Waals surface area contributed by atoms with Gasteiger partial charge >= 0.3 is 17.4 Å². The van der Waals surface area contributed by atoms with Gasteiger partial charge in [0.1, 0.15) is 0 Å². The van der Waals surface area contributed by atoms with E-state index < -0.39 is 0 Å². The summed E-state index contributed by atoms with van der Waals surface area (Å²) in [4.78, 5) is 0. The zero-order valence-electron chi connectivity index (χ0n) is 15.9. The molecule has 0 radical (unpaired) electrons. The quantitative estimate of drug-likeness (QED) is 0.607. The summed E-state index contributed by atoms with van der Waals surface area (Å²) in [5.41, 5.74) is 0. The molecule has 0 amide bonds. The van der Waals surface area contributed by atoms with E-state index in [1.807, 2.05) is 0 Å². The van der Waals surface area contributed by atoms with Crippen molar-refractivity contribution in [3.05, 3.63) is 0 Å². The molecule has 0 spiro atoms. The minimum Gasteiger partial charge on any atom is -0.854 e. The Hall–Kier alpha value is 0.412. The predicted molar refractivity (Wildman–Crippen MR) is 92.6 cm³/mol. The van der Waals surface area contributed by atoms with Gasteiger partial charge in [0, 0.05) is 0 Å². The van der Waals surface area contributed by atoms with Crippen molar-refractivity contribution in [3.8, 4) is 0 Å². The van der Waals surface area contributed by atoms with Crippen molar-refractivity contribution in [1.82, 2.24) is 0 Å². The molecule has 22 heavy (non-hydrogen) atoms. The first kappa shape index (κ1) is 30.3. The molecule has 0 saturated heterocycles. The van der Waals surface area contributed by atoms with E-state index in [1.165, 1.54) is 0 Å². The largest absolute Gasteiger partial charge is 3.00 e. The van der Waals surface area contributed by atoms with Crippen LogP contribution >= 0.6 is 0 Å². The van der Waals surface area contributed by atoms with Crippen LogP contribution in [0.3, 0.4) is 0 Å². The number of hydrogen-bond acceptors (Lipinski definition) is 3. The van der Waals surface area contributed by atoms with Crippen LogP contribution in [0.15, 0.2) is 0 Å². The van der Waals surface area contributed by atoms with Crippen LogP contribution in [-0.2, 0) is 0 Å². The van der Waals surface area contributed by atoms with Gasteiger partial charge in [-0.2, -0.15) is 0 Å². The van der Waals surface area contributed by atoms with Crippen LogP contribution in [-0.4, -0.2) is 37.2 Å². The van der Waals surface area contributed by atoms with Gasteiger partial charge in [0.05, 0.1) is 0 Å². The molecule has 0 unspecified atom stereocenters. The maximum atomic E-state index is 10.1. The van der Waals surface area contributed by atoms with Crippen LogP contribution < -0.4 is 15.3 Å². The summed E-state index contributed by atoms with van der Waals surface area (Å²) in [5, 5.41) is 30.3. The smallest absolute Gasteiger partial charge is 0.854 e. The van der Waals surface area contributed by atoms with Gasteiger partial charge in [-0.25, -0.2) is 0 Å². The van der Waals surface area contributed by atoms with Crippen molar-refractivity contribution < 1.29 is 15.3 Å². The molecule has 0 rings (SSSR count). The van der Waals surface area contributed by atoms with Gasteiger partial charge in [-0.15, -0.1) is 19.8 Å². The normalized spacial score (nSPS) is 9.82. The minimum absolute atomic E-state index is 0. The molecule has 0 aromatic heterocycles. The topological polar surface area (TPSA) is 69.2 Å². The molecule has 0 saturated carbocycles. The SMILES string of the molecule is CCC(CC)C[O-].CCC(CC)C[O-].CCC(CC)C[O-].[Al+3]. The fourth-order valence-corrected chi connectivity index (χ4v) is 1.57. The van der Waals surface area contributed by atoms with Gasteiger partial charge in [-0.3, -0.25) is 0 Å². The second kappa shape index (κ2) is 26.3. The summed E-state index contributed by atoms with van der Waals surface area (Å²) in [6, 6.07) is 0. The van der Waals surface area contributed by atoms with Crippen LogP contribution in [0, 0.1) is 17.8 Å². The number of rotatable bonds is 9. The Labute approximate surface area is 150 Å². The van der Waals surface area contributed by atoms with Crippen LogP contribution in [0.2, 0.25) is 0 Å². The standard InChI is InChI=1S/3C6H13O.Al/c3*1-3-6(4-2)5-7;/h3*6H,3-5H2,1-2H3;/q3*-1;+3. The summed E-state index contributed by atoms with van der Waals surface area (Å²) in [5.74, 6) is 1.29. The fourth-order valence-electron chi connectivity index (χ4n) is 1.57. The Morgan fingerprint density at radius 3 is 0.591 bits per heavy atom. The molecule has 0 aliphatic carbocycles. The van der Waals surface area contributed by atoms with Gasteiger partial charge in [-0.05, 0) is 0 Å². The van der Waals surface area contributed by atoms with Crippen molar-refractivity contribution >= 4 is 17.4 Å². The Kier molecular flexibility index (Phi) is 36.3. The van der Waals surface area contributed by atoms with Crippen molar-refractivity contribution in [2.24, 2.45) is 17.8 Å². The third kappa shape index (κ3) is 22.7. The van der Waals surface area contributed by atoms with Crippen LogP contribution in [0.25, 0.3) is 0 Å². The molecule has 132 valence electrons. The average Bonchev–Trinajstić information content (AvgIpc) is 2.54. The average molecular weight is 330 g/mol. The van der Waals surface area contributed by atoms with Crippen molar-refractivity contribution in [3.63, 3.8) is 0 Å².